The van der Waals surface area contributed by atoms with Crippen molar-refractivity contribution in [1.82, 2.24) is 4.98 Å². The van der Waals surface area contributed by atoms with E-state index in [2.05, 4.69) is 4.98 Å². The molecule has 0 aliphatic carbocycles. The first-order valence-electron chi connectivity index (χ1n) is 6.77. The lowest BCUT2D eigenvalue weighted by Crippen LogP contribution is -2.04. The third-order valence-corrected chi connectivity index (χ3v) is 2.74. The fraction of sp³-hybridized carbons (Fsp3) is 0.400. The Morgan fingerprint density at radius 1 is 1.20 bits per heavy atom. The molecule has 0 radical (unpaired) electrons. The third-order valence-electron chi connectivity index (χ3n) is 2.74. The van der Waals surface area contributed by atoms with Crippen molar-refractivity contribution >= 4 is 0 Å². The standard InChI is InChI=1S/C15H20N2O3/c1-4-18-12-7-6-11(8-13(12)19-5-2)14-9-17-15(20-14)10(3)16/h6-10H,4-5,16H2,1-3H3. The molecule has 20 heavy (non-hydrogen) atoms. The van der Waals surface area contributed by atoms with Gasteiger partial charge in [-0.15, -0.1) is 0 Å². The molecule has 1 aromatic carbocycles. The number of oxazole rings is 1. The number of hydrogen-bond donors (Lipinski definition) is 1. The lowest BCUT2D eigenvalue weighted by atomic mass is 10.1. The number of ether oxygens (including phenoxy) is 2. The van der Waals surface area contributed by atoms with Crippen LogP contribution >= 0.6 is 0 Å². The highest BCUT2D eigenvalue weighted by atomic mass is 16.5. The molecule has 108 valence electrons. The first-order chi connectivity index (χ1) is 9.65. The molecule has 1 atom stereocenters. The normalized spacial score (nSPS) is 12.2. The van der Waals surface area contributed by atoms with Gasteiger partial charge in [-0.2, -0.15) is 0 Å². The monoisotopic (exact) mass is 276 g/mol. The molecule has 5 heteroatoms. The Bertz CT molecular complexity index is 564. The highest BCUT2D eigenvalue weighted by Gasteiger charge is 2.12. The number of nitrogens with zero attached hydrogens (tertiary/aromatic N) is 1. The van der Waals surface area contributed by atoms with Crippen LogP contribution in [0.2, 0.25) is 0 Å². The summed E-state index contributed by atoms with van der Waals surface area (Å²) in [7, 11) is 0. The summed E-state index contributed by atoms with van der Waals surface area (Å²) in [6.45, 7) is 6.88. The van der Waals surface area contributed by atoms with Crippen LogP contribution in [0.3, 0.4) is 0 Å². The molecular weight excluding hydrogens is 256 g/mol. The molecule has 1 unspecified atom stereocenters. The van der Waals surface area contributed by atoms with Gasteiger partial charge in [-0.05, 0) is 39.0 Å². The lowest BCUT2D eigenvalue weighted by molar-refractivity contribution is 0.288. The Hall–Kier alpha value is -2.01. The summed E-state index contributed by atoms with van der Waals surface area (Å²) in [5, 5.41) is 0. The van der Waals surface area contributed by atoms with E-state index in [1.165, 1.54) is 0 Å². The number of rotatable bonds is 6. The highest BCUT2D eigenvalue weighted by molar-refractivity contribution is 5.62. The Balaban J connectivity index is 2.33. The van der Waals surface area contributed by atoms with Gasteiger partial charge in [-0.3, -0.25) is 0 Å². The van der Waals surface area contributed by atoms with E-state index >= 15 is 0 Å². The zero-order valence-electron chi connectivity index (χ0n) is 12.1. The van der Waals surface area contributed by atoms with Gasteiger partial charge < -0.3 is 19.6 Å². The molecule has 2 N–H and O–H groups in total. The summed E-state index contributed by atoms with van der Waals surface area (Å²) in [5.74, 6) is 2.61. The van der Waals surface area contributed by atoms with E-state index in [9.17, 15) is 0 Å². The molecule has 0 saturated carbocycles. The fourth-order valence-corrected chi connectivity index (χ4v) is 1.84. The van der Waals surface area contributed by atoms with Crippen molar-refractivity contribution in [2.45, 2.75) is 26.8 Å². The molecule has 0 spiro atoms. The van der Waals surface area contributed by atoms with Crippen molar-refractivity contribution in [3.05, 3.63) is 30.3 Å². The van der Waals surface area contributed by atoms with Gasteiger partial charge in [0.05, 0.1) is 25.5 Å². The van der Waals surface area contributed by atoms with E-state index in [1.807, 2.05) is 39.0 Å². The molecule has 0 aliphatic rings. The van der Waals surface area contributed by atoms with E-state index in [4.69, 9.17) is 19.6 Å². The Labute approximate surface area is 118 Å². The van der Waals surface area contributed by atoms with Crippen LogP contribution in [0.15, 0.2) is 28.8 Å². The molecule has 0 saturated heterocycles. The summed E-state index contributed by atoms with van der Waals surface area (Å²) in [6.07, 6.45) is 1.67. The molecular formula is C15H20N2O3. The van der Waals surface area contributed by atoms with Crippen LogP contribution in [0, 0.1) is 0 Å². The molecule has 0 fully saturated rings. The van der Waals surface area contributed by atoms with Crippen LogP contribution in [0.1, 0.15) is 32.7 Å². The summed E-state index contributed by atoms with van der Waals surface area (Å²) in [4.78, 5) is 4.16. The van der Waals surface area contributed by atoms with Crippen molar-refractivity contribution in [1.29, 1.82) is 0 Å². The second-order valence-electron chi connectivity index (χ2n) is 4.38. The van der Waals surface area contributed by atoms with Gasteiger partial charge in [0.1, 0.15) is 0 Å². The molecule has 0 aliphatic heterocycles. The first kappa shape index (κ1) is 14.4. The lowest BCUT2D eigenvalue weighted by Gasteiger charge is -2.11. The maximum atomic E-state index is 5.75. The molecule has 5 nitrogen and oxygen atoms in total. The van der Waals surface area contributed by atoms with E-state index in [0.29, 0.717) is 30.6 Å². The smallest absolute Gasteiger partial charge is 0.211 e. The zero-order chi connectivity index (χ0) is 14.5. The van der Waals surface area contributed by atoms with Gasteiger partial charge in [-0.25, -0.2) is 4.98 Å². The van der Waals surface area contributed by atoms with E-state index in [0.717, 1.165) is 11.3 Å². The van der Waals surface area contributed by atoms with Crippen LogP contribution in [-0.2, 0) is 0 Å². The summed E-state index contributed by atoms with van der Waals surface area (Å²) < 4.78 is 16.8. The largest absolute Gasteiger partial charge is 0.490 e. The average Bonchev–Trinajstić information content (AvgIpc) is 2.91. The second-order valence-corrected chi connectivity index (χ2v) is 4.38. The van der Waals surface area contributed by atoms with Crippen LogP contribution in [0.4, 0.5) is 0 Å². The topological polar surface area (TPSA) is 70.5 Å². The van der Waals surface area contributed by atoms with Crippen LogP contribution in [-0.4, -0.2) is 18.2 Å². The van der Waals surface area contributed by atoms with Gasteiger partial charge >= 0.3 is 0 Å². The fourth-order valence-electron chi connectivity index (χ4n) is 1.84. The van der Waals surface area contributed by atoms with Crippen LogP contribution in [0.25, 0.3) is 11.3 Å². The second kappa shape index (κ2) is 6.43. The number of aromatic nitrogens is 1. The minimum absolute atomic E-state index is 0.224. The molecule has 2 aromatic rings. The zero-order valence-corrected chi connectivity index (χ0v) is 12.1. The molecule has 0 bridgehead atoms. The number of nitrogens with two attached hydrogens (primary N) is 1. The number of benzene rings is 1. The third kappa shape index (κ3) is 3.11. The predicted octanol–water partition coefficient (Wildman–Crippen LogP) is 3.16. The van der Waals surface area contributed by atoms with E-state index in [1.54, 1.807) is 6.20 Å². The average molecular weight is 276 g/mol. The van der Waals surface area contributed by atoms with Crippen molar-refractivity contribution in [3.63, 3.8) is 0 Å². The molecule has 1 heterocycles. The van der Waals surface area contributed by atoms with E-state index < -0.39 is 0 Å². The van der Waals surface area contributed by atoms with Crippen molar-refractivity contribution in [2.75, 3.05) is 13.2 Å². The number of hydrogen-bond acceptors (Lipinski definition) is 5. The Morgan fingerprint density at radius 3 is 2.50 bits per heavy atom. The van der Waals surface area contributed by atoms with Gasteiger partial charge in [0, 0.05) is 5.56 Å². The van der Waals surface area contributed by atoms with Gasteiger partial charge in [-0.1, -0.05) is 0 Å². The SMILES string of the molecule is CCOc1ccc(-c2cnc(C(C)N)o2)cc1OCC. The Kier molecular flexibility index (Phi) is 4.63. The van der Waals surface area contributed by atoms with Gasteiger partial charge in [0.25, 0.3) is 0 Å². The molecule has 1 aromatic heterocycles. The predicted molar refractivity (Wildman–Crippen MR) is 76.9 cm³/mol. The molecule has 2 rings (SSSR count). The first-order valence-corrected chi connectivity index (χ1v) is 6.77. The Morgan fingerprint density at radius 2 is 1.90 bits per heavy atom. The summed E-state index contributed by atoms with van der Waals surface area (Å²) >= 11 is 0. The van der Waals surface area contributed by atoms with Crippen molar-refractivity contribution in [3.8, 4) is 22.8 Å². The van der Waals surface area contributed by atoms with E-state index in [-0.39, 0.29) is 6.04 Å². The summed E-state index contributed by atoms with van der Waals surface area (Å²) in [5.41, 5.74) is 6.63. The maximum absolute atomic E-state index is 5.75. The quantitative estimate of drug-likeness (QED) is 0.877. The minimum Gasteiger partial charge on any atom is -0.490 e. The van der Waals surface area contributed by atoms with Gasteiger partial charge in [0.15, 0.2) is 17.3 Å². The van der Waals surface area contributed by atoms with Crippen LogP contribution in [0.5, 0.6) is 11.5 Å². The van der Waals surface area contributed by atoms with Gasteiger partial charge in [0.2, 0.25) is 5.89 Å². The maximum Gasteiger partial charge on any atom is 0.211 e. The highest BCUT2D eigenvalue weighted by Crippen LogP contribution is 2.33. The van der Waals surface area contributed by atoms with Crippen molar-refractivity contribution < 1.29 is 13.9 Å². The van der Waals surface area contributed by atoms with Crippen LogP contribution < -0.4 is 15.2 Å². The van der Waals surface area contributed by atoms with Crippen molar-refractivity contribution in [2.24, 2.45) is 5.73 Å². The summed E-state index contributed by atoms with van der Waals surface area (Å²) in [6, 6.07) is 5.45. The molecule has 0 amide bonds. The minimum atomic E-state index is -0.224.